The molecule has 0 spiro atoms. The average Bonchev–Trinajstić information content (AvgIpc) is 2.44. The zero-order chi connectivity index (χ0) is 11.0. The van der Waals surface area contributed by atoms with Crippen LogP contribution in [0.2, 0.25) is 0 Å². The Kier molecular flexibility index (Phi) is 2.27. The molecule has 0 atom stereocenters. The first-order valence-electron chi connectivity index (χ1n) is 5.09. The number of hydrogen-bond acceptors (Lipinski definition) is 1. The van der Waals surface area contributed by atoms with Crippen LogP contribution >= 0.6 is 0 Å². The van der Waals surface area contributed by atoms with Gasteiger partial charge in [-0.2, -0.15) is 0 Å². The van der Waals surface area contributed by atoms with Crippen molar-refractivity contribution in [1.82, 2.24) is 4.57 Å². The summed E-state index contributed by atoms with van der Waals surface area (Å²) in [4.78, 5) is 0. The summed E-state index contributed by atoms with van der Waals surface area (Å²) in [6.07, 6.45) is 2.04. The molecule has 2 heteroatoms. The molecule has 2 N–H and O–H groups in total. The second-order valence-electron chi connectivity index (χ2n) is 3.96. The summed E-state index contributed by atoms with van der Waals surface area (Å²) in [7, 11) is 2.08. The zero-order valence-electron chi connectivity index (χ0n) is 9.41. The molecule has 15 heavy (non-hydrogen) atoms. The molecule has 0 unspecified atom stereocenters. The summed E-state index contributed by atoms with van der Waals surface area (Å²) < 4.78 is 2.20. The molecular formula is C13H16N2. The van der Waals surface area contributed by atoms with Gasteiger partial charge >= 0.3 is 0 Å². The Morgan fingerprint density at radius 3 is 2.67 bits per heavy atom. The largest absolute Gasteiger partial charge is 0.402 e. The topological polar surface area (TPSA) is 30.9 Å². The van der Waals surface area contributed by atoms with Crippen LogP contribution in [0.15, 0.2) is 30.0 Å². The van der Waals surface area contributed by atoms with E-state index in [2.05, 4.69) is 42.8 Å². The van der Waals surface area contributed by atoms with Crippen LogP contribution in [-0.4, -0.2) is 4.57 Å². The van der Waals surface area contributed by atoms with Crippen LogP contribution in [-0.2, 0) is 7.05 Å². The molecule has 0 bridgehead atoms. The lowest BCUT2D eigenvalue weighted by Gasteiger charge is -1.98. The molecule has 2 rings (SSSR count). The molecular weight excluding hydrogens is 184 g/mol. The van der Waals surface area contributed by atoms with Gasteiger partial charge in [-0.3, -0.25) is 0 Å². The molecule has 2 aromatic rings. The molecule has 0 aliphatic rings. The second-order valence-corrected chi connectivity index (χ2v) is 3.96. The molecule has 1 aromatic carbocycles. The summed E-state index contributed by atoms with van der Waals surface area (Å²) >= 11 is 0. The molecule has 2 nitrogen and oxygen atoms in total. The van der Waals surface area contributed by atoms with E-state index in [0.717, 1.165) is 5.70 Å². The van der Waals surface area contributed by atoms with Gasteiger partial charge < -0.3 is 10.3 Å². The van der Waals surface area contributed by atoms with Gasteiger partial charge in [0.25, 0.3) is 0 Å². The molecule has 0 aliphatic carbocycles. The quantitative estimate of drug-likeness (QED) is 0.754. The highest BCUT2D eigenvalue weighted by molar-refractivity contribution is 5.91. The standard InChI is InChI=1S/C13H16N2/c1-9(14)8-12-10(2)15(3)13-7-5-4-6-11(12)13/h4-8H,14H2,1-3H3/b9-8+. The fraction of sp³-hybridized carbons (Fsp3) is 0.231. The van der Waals surface area contributed by atoms with Crippen molar-refractivity contribution in [3.63, 3.8) is 0 Å². The summed E-state index contributed by atoms with van der Waals surface area (Å²) in [5.74, 6) is 0. The highest BCUT2D eigenvalue weighted by Gasteiger charge is 2.08. The highest BCUT2D eigenvalue weighted by Crippen LogP contribution is 2.26. The molecule has 78 valence electrons. The number of nitrogens with two attached hydrogens (primary N) is 1. The third kappa shape index (κ3) is 1.52. The maximum atomic E-state index is 5.75. The summed E-state index contributed by atoms with van der Waals surface area (Å²) in [6.45, 7) is 4.04. The number of rotatable bonds is 1. The summed E-state index contributed by atoms with van der Waals surface area (Å²) in [5.41, 5.74) is 10.3. The lowest BCUT2D eigenvalue weighted by molar-refractivity contribution is 0.916. The van der Waals surface area contributed by atoms with Crippen LogP contribution in [0.1, 0.15) is 18.2 Å². The number of allylic oxidation sites excluding steroid dienone is 1. The first kappa shape index (κ1) is 9.84. The maximum Gasteiger partial charge on any atom is 0.0486 e. The number of nitrogens with zero attached hydrogens (tertiary/aromatic N) is 1. The van der Waals surface area contributed by atoms with Gasteiger partial charge in [-0.05, 0) is 26.0 Å². The number of benzene rings is 1. The third-order valence-electron chi connectivity index (χ3n) is 2.82. The monoisotopic (exact) mass is 200 g/mol. The summed E-state index contributed by atoms with van der Waals surface area (Å²) in [6, 6.07) is 8.39. The molecule has 1 aromatic heterocycles. The van der Waals surface area contributed by atoms with Gasteiger partial charge in [0.05, 0.1) is 0 Å². The predicted octanol–water partition coefficient (Wildman–Crippen LogP) is 2.81. The average molecular weight is 200 g/mol. The van der Waals surface area contributed by atoms with E-state index < -0.39 is 0 Å². The van der Waals surface area contributed by atoms with E-state index in [1.165, 1.54) is 22.2 Å². The van der Waals surface area contributed by atoms with Crippen molar-refractivity contribution in [1.29, 1.82) is 0 Å². The zero-order valence-corrected chi connectivity index (χ0v) is 9.41. The van der Waals surface area contributed by atoms with Crippen molar-refractivity contribution in [3.05, 3.63) is 41.2 Å². The van der Waals surface area contributed by atoms with Gasteiger partial charge in [-0.1, -0.05) is 18.2 Å². The minimum absolute atomic E-state index is 0.842. The maximum absolute atomic E-state index is 5.75. The van der Waals surface area contributed by atoms with E-state index in [4.69, 9.17) is 5.73 Å². The second kappa shape index (κ2) is 3.46. The first-order chi connectivity index (χ1) is 7.11. The van der Waals surface area contributed by atoms with E-state index in [1.807, 2.05) is 13.0 Å². The van der Waals surface area contributed by atoms with E-state index >= 15 is 0 Å². The van der Waals surface area contributed by atoms with Gasteiger partial charge in [-0.25, -0.2) is 0 Å². The SMILES string of the molecule is C/C(N)=C\c1c(C)n(C)c2ccccc12. The van der Waals surface area contributed by atoms with E-state index in [-0.39, 0.29) is 0 Å². The van der Waals surface area contributed by atoms with Crippen LogP contribution in [0, 0.1) is 6.92 Å². The Morgan fingerprint density at radius 1 is 1.33 bits per heavy atom. The number of fused-ring (bicyclic) bond motifs is 1. The number of hydrogen-bond donors (Lipinski definition) is 1. The number of aromatic nitrogens is 1. The van der Waals surface area contributed by atoms with E-state index in [9.17, 15) is 0 Å². The van der Waals surface area contributed by atoms with Gasteiger partial charge in [0.2, 0.25) is 0 Å². The molecule has 0 amide bonds. The molecule has 0 saturated heterocycles. The molecule has 0 radical (unpaired) electrons. The van der Waals surface area contributed by atoms with Crippen molar-refractivity contribution in [2.45, 2.75) is 13.8 Å². The fourth-order valence-electron chi connectivity index (χ4n) is 1.96. The molecule has 0 fully saturated rings. The fourth-order valence-corrected chi connectivity index (χ4v) is 1.96. The van der Waals surface area contributed by atoms with Crippen molar-refractivity contribution < 1.29 is 0 Å². The van der Waals surface area contributed by atoms with Crippen molar-refractivity contribution in [2.75, 3.05) is 0 Å². The lowest BCUT2D eigenvalue weighted by Crippen LogP contribution is -1.92. The van der Waals surface area contributed by atoms with Gasteiger partial charge in [-0.15, -0.1) is 0 Å². The van der Waals surface area contributed by atoms with Crippen LogP contribution in [0.3, 0.4) is 0 Å². The predicted molar refractivity (Wildman–Crippen MR) is 65.5 cm³/mol. The number of para-hydroxylation sites is 1. The molecule has 0 aliphatic heterocycles. The minimum Gasteiger partial charge on any atom is -0.402 e. The van der Waals surface area contributed by atoms with E-state index in [0.29, 0.717) is 0 Å². The van der Waals surface area contributed by atoms with Gasteiger partial charge in [0.1, 0.15) is 0 Å². The van der Waals surface area contributed by atoms with Gasteiger partial charge in [0.15, 0.2) is 0 Å². The molecule has 0 saturated carbocycles. The highest BCUT2D eigenvalue weighted by atomic mass is 14.9. The lowest BCUT2D eigenvalue weighted by atomic mass is 10.1. The van der Waals surface area contributed by atoms with Crippen molar-refractivity contribution in [2.24, 2.45) is 12.8 Å². The minimum atomic E-state index is 0.842. The Bertz CT molecular complexity index is 529. The Balaban J connectivity index is 2.84. The Morgan fingerprint density at radius 2 is 2.00 bits per heavy atom. The Hall–Kier alpha value is -1.70. The normalized spacial score (nSPS) is 12.3. The molecule has 1 heterocycles. The van der Waals surface area contributed by atoms with Gasteiger partial charge in [0, 0.05) is 34.9 Å². The van der Waals surface area contributed by atoms with Crippen molar-refractivity contribution in [3.8, 4) is 0 Å². The smallest absolute Gasteiger partial charge is 0.0486 e. The van der Waals surface area contributed by atoms with Crippen LogP contribution in [0.4, 0.5) is 0 Å². The Labute approximate surface area is 90.0 Å². The number of aryl methyl sites for hydroxylation is 1. The van der Waals surface area contributed by atoms with Crippen molar-refractivity contribution >= 4 is 17.0 Å². The van der Waals surface area contributed by atoms with Crippen LogP contribution in [0.5, 0.6) is 0 Å². The third-order valence-corrected chi connectivity index (χ3v) is 2.82. The van der Waals surface area contributed by atoms with E-state index in [1.54, 1.807) is 0 Å². The van der Waals surface area contributed by atoms with Crippen LogP contribution < -0.4 is 5.73 Å². The summed E-state index contributed by atoms with van der Waals surface area (Å²) in [5, 5.41) is 1.27. The van der Waals surface area contributed by atoms with Crippen LogP contribution in [0.25, 0.3) is 17.0 Å². The first-order valence-corrected chi connectivity index (χ1v) is 5.09.